The average molecular weight is 279 g/mol. The number of hydrogen-bond acceptors (Lipinski definition) is 1. The number of carbonyl (C=O) groups is 1. The highest BCUT2D eigenvalue weighted by molar-refractivity contribution is 6.21. The van der Waals surface area contributed by atoms with Crippen LogP contribution in [0.25, 0.3) is 0 Å². The molecule has 1 aliphatic rings. The lowest BCUT2D eigenvalue weighted by Crippen LogP contribution is -2.35. The van der Waals surface area contributed by atoms with E-state index >= 15 is 0 Å². The van der Waals surface area contributed by atoms with Crippen LogP contribution in [-0.2, 0) is 6.54 Å². The highest BCUT2D eigenvalue weighted by Crippen LogP contribution is 2.39. The van der Waals surface area contributed by atoms with E-state index in [1.807, 2.05) is 0 Å². The lowest BCUT2D eigenvalue weighted by atomic mass is 10.0. The first-order valence-corrected chi connectivity index (χ1v) is 5.58. The molecule has 2 amide bonds. The fourth-order valence-electron chi connectivity index (χ4n) is 1.75. The molecule has 0 fully saturated rings. The summed E-state index contributed by atoms with van der Waals surface area (Å²) in [6.07, 6.45) is -4.49. The van der Waals surface area contributed by atoms with E-state index in [-0.39, 0.29) is 18.1 Å². The van der Waals surface area contributed by atoms with Crippen molar-refractivity contribution in [3.8, 4) is 0 Å². The third kappa shape index (κ3) is 2.38. The van der Waals surface area contributed by atoms with Crippen molar-refractivity contribution in [1.82, 2.24) is 4.90 Å². The second-order valence-electron chi connectivity index (χ2n) is 4.11. The van der Waals surface area contributed by atoms with Crippen molar-refractivity contribution < 1.29 is 18.0 Å². The molecule has 2 rings (SSSR count). The van der Waals surface area contributed by atoms with Gasteiger partial charge in [-0.15, -0.1) is 11.6 Å². The highest BCUT2D eigenvalue weighted by atomic mass is 35.5. The summed E-state index contributed by atoms with van der Waals surface area (Å²) in [6, 6.07) is 3.80. The normalized spacial score (nSPS) is 17.2. The monoisotopic (exact) mass is 278 g/mol. The summed E-state index contributed by atoms with van der Waals surface area (Å²) >= 11 is 5.36. The Bertz CT molecular complexity index is 490. The second kappa shape index (κ2) is 4.35. The van der Waals surface area contributed by atoms with Crippen LogP contribution in [0.4, 0.5) is 23.7 Å². The number of anilines is 1. The molecule has 18 heavy (non-hydrogen) atoms. The van der Waals surface area contributed by atoms with Crippen LogP contribution in [0.5, 0.6) is 0 Å². The van der Waals surface area contributed by atoms with Crippen LogP contribution in [0.15, 0.2) is 18.2 Å². The van der Waals surface area contributed by atoms with Gasteiger partial charge in [-0.05, 0) is 17.2 Å². The summed E-state index contributed by atoms with van der Waals surface area (Å²) < 4.78 is 37.5. The van der Waals surface area contributed by atoms with E-state index in [1.54, 1.807) is 7.05 Å². The fourth-order valence-corrected chi connectivity index (χ4v) is 1.89. The number of urea groups is 1. The van der Waals surface area contributed by atoms with Gasteiger partial charge in [-0.25, -0.2) is 4.79 Å². The van der Waals surface area contributed by atoms with Gasteiger partial charge >= 0.3 is 12.2 Å². The van der Waals surface area contributed by atoms with Gasteiger partial charge in [0.2, 0.25) is 0 Å². The van der Waals surface area contributed by atoms with E-state index in [4.69, 9.17) is 11.6 Å². The maximum absolute atomic E-state index is 12.5. The van der Waals surface area contributed by atoms with Crippen LogP contribution in [0.3, 0.4) is 0 Å². The Morgan fingerprint density at radius 1 is 1.44 bits per heavy atom. The molecule has 3 nitrogen and oxygen atoms in total. The first kappa shape index (κ1) is 13.0. The predicted molar refractivity (Wildman–Crippen MR) is 61.6 cm³/mol. The molecule has 0 spiro atoms. The van der Waals surface area contributed by atoms with Crippen molar-refractivity contribution in [3.63, 3.8) is 0 Å². The maximum atomic E-state index is 12.5. The smallest absolute Gasteiger partial charge is 0.323 e. The number of benzene rings is 1. The molecule has 0 saturated heterocycles. The van der Waals surface area contributed by atoms with Crippen molar-refractivity contribution in [1.29, 1.82) is 0 Å². The molecule has 1 atom stereocenters. The molecule has 0 saturated carbocycles. The summed E-state index contributed by atoms with van der Waals surface area (Å²) in [5.74, 6) is 0. The molecule has 1 N–H and O–H groups in total. The number of nitrogens with zero attached hydrogens (tertiary/aromatic N) is 1. The number of nitrogens with one attached hydrogen (secondary N) is 1. The largest absolute Gasteiger partial charge is 0.408 e. The van der Waals surface area contributed by atoms with Crippen LogP contribution < -0.4 is 5.32 Å². The number of amides is 2. The Hall–Kier alpha value is -1.43. The topological polar surface area (TPSA) is 32.3 Å². The zero-order valence-electron chi connectivity index (χ0n) is 9.38. The van der Waals surface area contributed by atoms with Crippen molar-refractivity contribution in [2.45, 2.75) is 18.1 Å². The number of carbonyl (C=O) groups excluding carboxylic acids is 1. The van der Waals surface area contributed by atoms with Crippen LogP contribution in [0, 0.1) is 0 Å². The van der Waals surface area contributed by atoms with Gasteiger partial charge in [0.05, 0.1) is 0 Å². The number of hydrogen-bond donors (Lipinski definition) is 1. The van der Waals surface area contributed by atoms with Crippen molar-refractivity contribution in [2.75, 3.05) is 12.4 Å². The molecule has 0 aromatic heterocycles. The van der Waals surface area contributed by atoms with Crippen molar-refractivity contribution in [2.24, 2.45) is 0 Å². The van der Waals surface area contributed by atoms with E-state index in [0.717, 1.165) is 0 Å². The number of fused-ring (bicyclic) bond motifs is 1. The van der Waals surface area contributed by atoms with E-state index in [2.05, 4.69) is 5.32 Å². The molecule has 7 heteroatoms. The molecular formula is C11H10ClF3N2O. The molecule has 1 aromatic rings. The number of alkyl halides is 4. The van der Waals surface area contributed by atoms with Gasteiger partial charge in [0.15, 0.2) is 5.38 Å². The second-order valence-corrected chi connectivity index (χ2v) is 4.54. The van der Waals surface area contributed by atoms with Crippen LogP contribution in [0.2, 0.25) is 0 Å². The van der Waals surface area contributed by atoms with Crippen molar-refractivity contribution >= 4 is 23.3 Å². The molecule has 1 unspecified atom stereocenters. The zero-order chi connectivity index (χ0) is 13.5. The van der Waals surface area contributed by atoms with E-state index < -0.39 is 11.6 Å². The highest BCUT2D eigenvalue weighted by Gasteiger charge is 2.39. The Labute approximate surface area is 107 Å². The van der Waals surface area contributed by atoms with Gasteiger partial charge in [0, 0.05) is 19.3 Å². The lowest BCUT2D eigenvalue weighted by Gasteiger charge is -2.27. The standard InChI is InChI=1S/C11H10ClF3N2O/c1-17-5-7-4-6(9(12)11(13,14)15)2-3-8(7)16-10(17)18/h2-4,9H,5H2,1H3,(H,16,18). The first-order chi connectivity index (χ1) is 8.29. The van der Waals surface area contributed by atoms with Gasteiger partial charge < -0.3 is 10.2 Å². The van der Waals surface area contributed by atoms with E-state index in [0.29, 0.717) is 11.3 Å². The van der Waals surface area contributed by atoms with E-state index in [9.17, 15) is 18.0 Å². The van der Waals surface area contributed by atoms with Gasteiger partial charge in [-0.1, -0.05) is 12.1 Å². The summed E-state index contributed by atoms with van der Waals surface area (Å²) in [7, 11) is 1.56. The number of halogens is 4. The molecule has 0 bridgehead atoms. The minimum Gasteiger partial charge on any atom is -0.323 e. The maximum Gasteiger partial charge on any atom is 0.408 e. The molecule has 98 valence electrons. The minimum absolute atomic E-state index is 0.0209. The third-order valence-corrected chi connectivity index (χ3v) is 3.20. The van der Waals surface area contributed by atoms with Crippen LogP contribution in [0.1, 0.15) is 16.5 Å². The Morgan fingerprint density at radius 3 is 2.72 bits per heavy atom. The van der Waals surface area contributed by atoms with E-state index in [1.165, 1.54) is 23.1 Å². The summed E-state index contributed by atoms with van der Waals surface area (Å²) in [6.45, 7) is 0.260. The van der Waals surface area contributed by atoms with Crippen LogP contribution >= 0.6 is 11.6 Å². The summed E-state index contributed by atoms with van der Waals surface area (Å²) in [5.41, 5.74) is 1.12. The number of rotatable bonds is 1. The van der Waals surface area contributed by atoms with Gasteiger partial charge in [0.1, 0.15) is 0 Å². The van der Waals surface area contributed by atoms with Crippen molar-refractivity contribution in [3.05, 3.63) is 29.3 Å². The fraction of sp³-hybridized carbons (Fsp3) is 0.364. The predicted octanol–water partition coefficient (Wildman–Crippen LogP) is 3.51. The Balaban J connectivity index is 2.33. The first-order valence-electron chi connectivity index (χ1n) is 5.15. The van der Waals surface area contributed by atoms with Crippen LogP contribution in [-0.4, -0.2) is 24.2 Å². The Kier molecular flexibility index (Phi) is 3.14. The quantitative estimate of drug-likeness (QED) is 0.784. The molecule has 0 radical (unpaired) electrons. The molecular weight excluding hydrogens is 269 g/mol. The summed E-state index contributed by atoms with van der Waals surface area (Å²) in [4.78, 5) is 12.7. The van der Waals surface area contributed by atoms with Gasteiger partial charge in [-0.3, -0.25) is 0 Å². The average Bonchev–Trinajstić information content (AvgIpc) is 2.28. The zero-order valence-corrected chi connectivity index (χ0v) is 10.1. The van der Waals surface area contributed by atoms with Gasteiger partial charge in [0.25, 0.3) is 0 Å². The third-order valence-electron chi connectivity index (χ3n) is 2.71. The molecule has 1 aliphatic heterocycles. The minimum atomic E-state index is -4.49. The Morgan fingerprint density at radius 2 is 2.11 bits per heavy atom. The lowest BCUT2D eigenvalue weighted by molar-refractivity contribution is -0.131. The SMILES string of the molecule is CN1Cc2cc(C(Cl)C(F)(F)F)ccc2NC1=O. The van der Waals surface area contributed by atoms with Gasteiger partial charge in [-0.2, -0.15) is 13.2 Å². The summed E-state index contributed by atoms with van der Waals surface area (Å²) in [5, 5.41) is 0.541. The molecule has 1 aromatic carbocycles. The molecule has 1 heterocycles. The molecule has 0 aliphatic carbocycles.